The van der Waals surface area contributed by atoms with Crippen molar-refractivity contribution < 1.29 is 4.74 Å². The van der Waals surface area contributed by atoms with Crippen molar-refractivity contribution >= 4 is 22.9 Å². The predicted octanol–water partition coefficient (Wildman–Crippen LogP) is 2.92. The number of likely N-dealkylation sites (tertiary alicyclic amines) is 1. The molecule has 3 nitrogen and oxygen atoms in total. The maximum absolute atomic E-state index is 5.76. The van der Waals surface area contributed by atoms with Gasteiger partial charge in [-0.05, 0) is 19.8 Å². The van der Waals surface area contributed by atoms with E-state index >= 15 is 0 Å². The third-order valence-corrected chi connectivity index (χ3v) is 4.88. The van der Waals surface area contributed by atoms with E-state index in [-0.39, 0.29) is 0 Å². The molecule has 0 aromatic carbocycles. The fourth-order valence-electron chi connectivity index (χ4n) is 2.49. The maximum Gasteiger partial charge on any atom is 0.0941 e. The van der Waals surface area contributed by atoms with Crippen LogP contribution >= 0.6 is 22.9 Å². The number of methoxy groups -OCH3 is 1. The Kier molecular flexibility index (Phi) is 5.42. The SMILES string of the molecule is COC1CCN(CCc2nc(CCl)cs2)C(C)C1. The summed E-state index contributed by atoms with van der Waals surface area (Å²) in [6, 6.07) is 0.608. The van der Waals surface area contributed by atoms with Gasteiger partial charge in [0.1, 0.15) is 0 Å². The predicted molar refractivity (Wildman–Crippen MR) is 76.4 cm³/mol. The van der Waals surface area contributed by atoms with Crippen molar-refractivity contribution in [3.63, 3.8) is 0 Å². The van der Waals surface area contributed by atoms with E-state index < -0.39 is 0 Å². The van der Waals surface area contributed by atoms with E-state index in [2.05, 4.69) is 22.2 Å². The molecule has 1 aromatic heterocycles. The highest BCUT2D eigenvalue weighted by Gasteiger charge is 2.24. The van der Waals surface area contributed by atoms with Crippen molar-refractivity contribution in [2.75, 3.05) is 20.2 Å². The molecule has 0 aliphatic carbocycles. The van der Waals surface area contributed by atoms with E-state index in [1.54, 1.807) is 11.3 Å². The van der Waals surface area contributed by atoms with Gasteiger partial charge < -0.3 is 9.64 Å². The van der Waals surface area contributed by atoms with Crippen LogP contribution in [0.5, 0.6) is 0 Å². The maximum atomic E-state index is 5.76. The third kappa shape index (κ3) is 3.67. The normalized spacial score (nSPS) is 25.5. The molecule has 0 bridgehead atoms. The fourth-order valence-corrected chi connectivity index (χ4v) is 3.50. The summed E-state index contributed by atoms with van der Waals surface area (Å²) >= 11 is 7.49. The van der Waals surface area contributed by atoms with E-state index in [4.69, 9.17) is 16.3 Å². The number of alkyl halides is 1. The molecule has 0 N–H and O–H groups in total. The van der Waals surface area contributed by atoms with Crippen molar-refractivity contribution in [2.24, 2.45) is 0 Å². The van der Waals surface area contributed by atoms with Gasteiger partial charge in [0.15, 0.2) is 0 Å². The molecule has 2 atom stereocenters. The summed E-state index contributed by atoms with van der Waals surface area (Å²) in [5.74, 6) is 0.520. The summed E-state index contributed by atoms with van der Waals surface area (Å²) in [6.07, 6.45) is 3.76. The van der Waals surface area contributed by atoms with Gasteiger partial charge in [0, 0.05) is 38.0 Å². The number of rotatable bonds is 5. The Hall–Kier alpha value is -0.160. The van der Waals surface area contributed by atoms with Crippen LogP contribution in [0.2, 0.25) is 0 Å². The topological polar surface area (TPSA) is 25.4 Å². The van der Waals surface area contributed by atoms with E-state index in [0.29, 0.717) is 18.0 Å². The molecule has 1 aromatic rings. The number of ether oxygens (including phenoxy) is 1. The first-order valence-corrected chi connectivity index (χ1v) is 7.90. The summed E-state index contributed by atoms with van der Waals surface area (Å²) in [4.78, 5) is 7.04. The summed E-state index contributed by atoms with van der Waals surface area (Å²) < 4.78 is 5.44. The quantitative estimate of drug-likeness (QED) is 0.779. The monoisotopic (exact) mass is 288 g/mol. The van der Waals surface area contributed by atoms with Crippen LogP contribution in [0.3, 0.4) is 0 Å². The molecule has 2 rings (SSSR count). The van der Waals surface area contributed by atoms with Gasteiger partial charge in [-0.3, -0.25) is 0 Å². The molecule has 102 valence electrons. The molecule has 1 aliphatic heterocycles. The summed E-state index contributed by atoms with van der Waals surface area (Å²) in [5.41, 5.74) is 1.00. The minimum atomic E-state index is 0.443. The van der Waals surface area contributed by atoms with Crippen LogP contribution in [0.25, 0.3) is 0 Å². The highest BCUT2D eigenvalue weighted by molar-refractivity contribution is 7.09. The Bertz CT molecular complexity index is 372. The van der Waals surface area contributed by atoms with Gasteiger partial charge >= 0.3 is 0 Å². The third-order valence-electron chi connectivity index (χ3n) is 3.65. The fraction of sp³-hybridized carbons (Fsp3) is 0.769. The summed E-state index contributed by atoms with van der Waals surface area (Å²) in [5, 5.41) is 3.26. The van der Waals surface area contributed by atoms with Gasteiger partial charge in [0.05, 0.1) is 22.7 Å². The molecule has 1 aliphatic rings. The highest BCUT2D eigenvalue weighted by atomic mass is 35.5. The Morgan fingerprint density at radius 1 is 1.61 bits per heavy atom. The van der Waals surface area contributed by atoms with E-state index in [1.165, 1.54) is 5.01 Å². The first-order chi connectivity index (χ1) is 8.72. The Morgan fingerprint density at radius 2 is 2.44 bits per heavy atom. The van der Waals surface area contributed by atoms with Crippen LogP contribution in [-0.4, -0.2) is 42.2 Å². The highest BCUT2D eigenvalue weighted by Crippen LogP contribution is 2.20. The van der Waals surface area contributed by atoms with Crippen LogP contribution < -0.4 is 0 Å². The second-order valence-corrected chi connectivity index (χ2v) is 6.09. The molecule has 0 saturated carbocycles. The molecular weight excluding hydrogens is 268 g/mol. The van der Waals surface area contributed by atoms with E-state index in [0.717, 1.165) is 38.0 Å². The minimum Gasteiger partial charge on any atom is -0.381 e. The van der Waals surface area contributed by atoms with E-state index in [9.17, 15) is 0 Å². The standard InChI is InChI=1S/C13H21ClN2OS/c1-10-7-12(17-2)3-5-16(10)6-4-13-15-11(8-14)9-18-13/h9-10,12H,3-8H2,1-2H3. The second-order valence-electron chi connectivity index (χ2n) is 4.88. The van der Waals surface area contributed by atoms with Crippen molar-refractivity contribution in [2.45, 2.75) is 44.2 Å². The zero-order chi connectivity index (χ0) is 13.0. The molecule has 18 heavy (non-hydrogen) atoms. The molecule has 0 amide bonds. The van der Waals surface area contributed by atoms with Gasteiger partial charge in [-0.2, -0.15) is 0 Å². The van der Waals surface area contributed by atoms with Crippen LogP contribution in [0.1, 0.15) is 30.5 Å². The number of aromatic nitrogens is 1. The van der Waals surface area contributed by atoms with Crippen LogP contribution in [0, 0.1) is 0 Å². The largest absolute Gasteiger partial charge is 0.381 e. The molecule has 1 saturated heterocycles. The van der Waals surface area contributed by atoms with E-state index in [1.807, 2.05) is 7.11 Å². The molecule has 1 fully saturated rings. The zero-order valence-electron chi connectivity index (χ0n) is 11.1. The van der Waals surface area contributed by atoms with Gasteiger partial charge in [0.2, 0.25) is 0 Å². The number of halogens is 1. The van der Waals surface area contributed by atoms with Crippen LogP contribution in [0.15, 0.2) is 5.38 Å². The van der Waals surface area contributed by atoms with Gasteiger partial charge in [0.25, 0.3) is 0 Å². The minimum absolute atomic E-state index is 0.443. The lowest BCUT2D eigenvalue weighted by Crippen LogP contribution is -2.44. The number of hydrogen-bond acceptors (Lipinski definition) is 4. The molecule has 0 radical (unpaired) electrons. The van der Waals surface area contributed by atoms with Crippen LogP contribution in [0.4, 0.5) is 0 Å². The average Bonchev–Trinajstić information content (AvgIpc) is 2.85. The first kappa shape index (κ1) is 14.3. The smallest absolute Gasteiger partial charge is 0.0941 e. The Labute approximate surface area is 118 Å². The molecule has 2 heterocycles. The number of piperidine rings is 1. The van der Waals surface area contributed by atoms with Gasteiger partial charge in [-0.1, -0.05) is 0 Å². The van der Waals surface area contributed by atoms with Crippen molar-refractivity contribution in [3.05, 3.63) is 16.1 Å². The zero-order valence-corrected chi connectivity index (χ0v) is 12.6. The Morgan fingerprint density at radius 3 is 3.06 bits per heavy atom. The molecule has 0 spiro atoms. The van der Waals surface area contributed by atoms with Crippen LogP contribution in [-0.2, 0) is 17.0 Å². The average molecular weight is 289 g/mol. The lowest BCUT2D eigenvalue weighted by Gasteiger charge is -2.36. The number of nitrogens with zero attached hydrogens (tertiary/aromatic N) is 2. The molecule has 5 heteroatoms. The van der Waals surface area contributed by atoms with Crippen molar-refractivity contribution in [1.29, 1.82) is 0 Å². The lowest BCUT2D eigenvalue weighted by atomic mass is 10.0. The summed E-state index contributed by atoms with van der Waals surface area (Å²) in [6.45, 7) is 4.51. The van der Waals surface area contributed by atoms with Gasteiger partial charge in [-0.25, -0.2) is 4.98 Å². The molecule has 2 unspecified atom stereocenters. The lowest BCUT2D eigenvalue weighted by molar-refractivity contribution is 0.0165. The second kappa shape index (κ2) is 6.85. The summed E-state index contributed by atoms with van der Waals surface area (Å²) in [7, 11) is 1.82. The van der Waals surface area contributed by atoms with Crippen molar-refractivity contribution in [3.8, 4) is 0 Å². The number of hydrogen-bond donors (Lipinski definition) is 0. The van der Waals surface area contributed by atoms with Gasteiger partial charge in [-0.15, -0.1) is 22.9 Å². The Balaban J connectivity index is 1.79. The number of thiazole rings is 1. The first-order valence-electron chi connectivity index (χ1n) is 6.49. The van der Waals surface area contributed by atoms with Crippen molar-refractivity contribution in [1.82, 2.24) is 9.88 Å². The molecular formula is C13H21ClN2OS.